The Morgan fingerprint density at radius 3 is 2.67 bits per heavy atom. The molecule has 6 nitrogen and oxygen atoms in total. The average Bonchev–Trinajstić information content (AvgIpc) is 2.67. The first-order valence-corrected chi connectivity index (χ1v) is 9.61. The molecule has 0 saturated carbocycles. The summed E-state index contributed by atoms with van der Waals surface area (Å²) in [6.07, 6.45) is 2.71. The molecule has 27 heavy (non-hydrogen) atoms. The number of nitrogens with one attached hydrogen (secondary N) is 2. The molecule has 0 radical (unpaired) electrons. The second-order valence-electron chi connectivity index (χ2n) is 7.14. The van der Waals surface area contributed by atoms with Crippen LogP contribution in [0, 0.1) is 5.82 Å². The van der Waals surface area contributed by atoms with Crippen LogP contribution in [0.3, 0.4) is 0 Å². The van der Waals surface area contributed by atoms with Gasteiger partial charge in [-0.2, -0.15) is 0 Å². The molecule has 1 heterocycles. The molecular formula is C20H33FN4O2. The number of hydrogen-bond donors (Lipinski definition) is 2. The SMILES string of the molecule is CCC(CNC(=NC)NCC1(N(C)C)CCOCC1)Oc1cccc(F)c1. The average molecular weight is 381 g/mol. The molecule has 1 atom stereocenters. The first-order valence-electron chi connectivity index (χ1n) is 9.61. The number of guanidine groups is 1. The van der Waals surface area contributed by atoms with Crippen molar-refractivity contribution in [2.24, 2.45) is 4.99 Å². The van der Waals surface area contributed by atoms with E-state index in [2.05, 4.69) is 34.6 Å². The van der Waals surface area contributed by atoms with Crippen LogP contribution in [-0.4, -0.2) is 69.9 Å². The molecule has 1 fully saturated rings. The Bertz CT molecular complexity index is 603. The van der Waals surface area contributed by atoms with Gasteiger partial charge in [0.2, 0.25) is 0 Å². The van der Waals surface area contributed by atoms with Crippen molar-refractivity contribution in [1.29, 1.82) is 0 Å². The molecule has 152 valence electrons. The van der Waals surface area contributed by atoms with Crippen LogP contribution in [0.2, 0.25) is 0 Å². The van der Waals surface area contributed by atoms with Crippen molar-refractivity contribution in [2.45, 2.75) is 37.8 Å². The summed E-state index contributed by atoms with van der Waals surface area (Å²) in [6, 6.07) is 6.24. The van der Waals surface area contributed by atoms with E-state index in [4.69, 9.17) is 9.47 Å². The number of benzene rings is 1. The van der Waals surface area contributed by atoms with E-state index in [-0.39, 0.29) is 17.5 Å². The van der Waals surface area contributed by atoms with Crippen molar-refractivity contribution in [1.82, 2.24) is 15.5 Å². The number of nitrogens with zero attached hydrogens (tertiary/aromatic N) is 2. The van der Waals surface area contributed by atoms with E-state index < -0.39 is 0 Å². The number of likely N-dealkylation sites (N-methyl/N-ethyl adjacent to an activating group) is 1. The van der Waals surface area contributed by atoms with Gasteiger partial charge in [-0.15, -0.1) is 0 Å². The summed E-state index contributed by atoms with van der Waals surface area (Å²) in [5.74, 6) is 0.989. The van der Waals surface area contributed by atoms with Crippen LogP contribution < -0.4 is 15.4 Å². The maximum Gasteiger partial charge on any atom is 0.191 e. The van der Waals surface area contributed by atoms with Crippen LogP contribution in [0.25, 0.3) is 0 Å². The molecule has 0 amide bonds. The topological polar surface area (TPSA) is 58.1 Å². The van der Waals surface area contributed by atoms with E-state index in [1.807, 2.05) is 6.92 Å². The van der Waals surface area contributed by atoms with Gasteiger partial charge in [0.05, 0.1) is 6.54 Å². The Hall–Kier alpha value is -1.86. The summed E-state index contributed by atoms with van der Waals surface area (Å²) in [5.41, 5.74) is 0.0676. The molecule has 1 aliphatic rings. The van der Waals surface area contributed by atoms with E-state index in [9.17, 15) is 4.39 Å². The molecule has 0 aliphatic carbocycles. The van der Waals surface area contributed by atoms with E-state index in [1.54, 1.807) is 19.2 Å². The Balaban J connectivity index is 1.86. The summed E-state index contributed by atoms with van der Waals surface area (Å²) < 4.78 is 24.7. The molecule has 1 aliphatic heterocycles. The van der Waals surface area contributed by atoms with Crippen LogP contribution >= 0.6 is 0 Å². The lowest BCUT2D eigenvalue weighted by atomic mass is 9.88. The standard InChI is InChI=1S/C20H33FN4O2/c1-5-17(27-18-8-6-7-16(21)13-18)14-23-19(22-2)24-15-20(25(3)4)9-11-26-12-10-20/h6-8,13,17H,5,9-12,14-15H2,1-4H3,(H2,22,23,24). The van der Waals surface area contributed by atoms with Gasteiger partial charge in [0, 0.05) is 38.4 Å². The van der Waals surface area contributed by atoms with Crippen molar-refractivity contribution in [2.75, 3.05) is 47.4 Å². The van der Waals surface area contributed by atoms with E-state index in [0.29, 0.717) is 12.3 Å². The summed E-state index contributed by atoms with van der Waals surface area (Å²) in [5, 5.41) is 6.76. The van der Waals surface area contributed by atoms with Crippen molar-refractivity contribution in [3.05, 3.63) is 30.1 Å². The summed E-state index contributed by atoms with van der Waals surface area (Å²) in [7, 11) is 5.99. The Morgan fingerprint density at radius 2 is 2.07 bits per heavy atom. The monoisotopic (exact) mass is 380 g/mol. The number of rotatable bonds is 8. The third-order valence-electron chi connectivity index (χ3n) is 5.23. The normalized spacial score (nSPS) is 18.2. The highest BCUT2D eigenvalue weighted by molar-refractivity contribution is 5.79. The second kappa shape index (κ2) is 10.5. The van der Waals surface area contributed by atoms with Crippen LogP contribution in [0.1, 0.15) is 26.2 Å². The molecule has 2 N–H and O–H groups in total. The molecule has 1 unspecified atom stereocenters. The number of ether oxygens (including phenoxy) is 2. The Kier molecular flexibility index (Phi) is 8.31. The van der Waals surface area contributed by atoms with Gasteiger partial charge in [0.25, 0.3) is 0 Å². The molecule has 0 spiro atoms. The molecule has 1 aromatic carbocycles. The highest BCUT2D eigenvalue weighted by Gasteiger charge is 2.34. The van der Waals surface area contributed by atoms with Gasteiger partial charge in [-0.3, -0.25) is 4.99 Å². The molecule has 7 heteroatoms. The van der Waals surface area contributed by atoms with E-state index in [0.717, 1.165) is 45.0 Å². The predicted molar refractivity (Wildman–Crippen MR) is 107 cm³/mol. The minimum Gasteiger partial charge on any atom is -0.489 e. The summed E-state index contributed by atoms with van der Waals surface area (Å²) in [4.78, 5) is 6.59. The summed E-state index contributed by atoms with van der Waals surface area (Å²) >= 11 is 0. The minimum absolute atomic E-state index is 0.0676. The third-order valence-corrected chi connectivity index (χ3v) is 5.23. The zero-order chi connectivity index (χ0) is 19.7. The molecule has 0 aromatic heterocycles. The lowest BCUT2D eigenvalue weighted by Crippen LogP contribution is -2.57. The fourth-order valence-corrected chi connectivity index (χ4v) is 3.21. The van der Waals surface area contributed by atoms with Crippen LogP contribution in [0.4, 0.5) is 4.39 Å². The third kappa shape index (κ3) is 6.36. The zero-order valence-corrected chi connectivity index (χ0v) is 16.9. The maximum absolute atomic E-state index is 13.3. The van der Waals surface area contributed by atoms with E-state index >= 15 is 0 Å². The van der Waals surface area contributed by atoms with Gasteiger partial charge < -0.3 is 25.0 Å². The first-order chi connectivity index (χ1) is 13.0. The lowest BCUT2D eigenvalue weighted by molar-refractivity contribution is -0.00502. The largest absolute Gasteiger partial charge is 0.489 e. The van der Waals surface area contributed by atoms with Crippen molar-refractivity contribution in [3.63, 3.8) is 0 Å². The zero-order valence-electron chi connectivity index (χ0n) is 16.9. The van der Waals surface area contributed by atoms with Crippen LogP contribution in [-0.2, 0) is 4.74 Å². The van der Waals surface area contributed by atoms with Crippen molar-refractivity contribution in [3.8, 4) is 5.75 Å². The molecular weight excluding hydrogens is 347 g/mol. The van der Waals surface area contributed by atoms with Crippen LogP contribution in [0.5, 0.6) is 5.75 Å². The summed E-state index contributed by atoms with van der Waals surface area (Å²) in [6.45, 7) is 5.00. The fourth-order valence-electron chi connectivity index (χ4n) is 3.21. The number of aliphatic imine (C=N–C) groups is 1. The van der Waals surface area contributed by atoms with Gasteiger partial charge >= 0.3 is 0 Å². The van der Waals surface area contributed by atoms with Crippen LogP contribution in [0.15, 0.2) is 29.3 Å². The highest BCUT2D eigenvalue weighted by atomic mass is 19.1. The molecule has 1 saturated heterocycles. The van der Waals surface area contributed by atoms with Crippen molar-refractivity contribution < 1.29 is 13.9 Å². The van der Waals surface area contributed by atoms with Gasteiger partial charge in [-0.25, -0.2) is 4.39 Å². The van der Waals surface area contributed by atoms with Crippen molar-refractivity contribution >= 4 is 5.96 Å². The van der Waals surface area contributed by atoms with Gasteiger partial charge in [0.15, 0.2) is 5.96 Å². The quantitative estimate of drug-likeness (QED) is 0.535. The Labute approximate surface area is 162 Å². The fraction of sp³-hybridized carbons (Fsp3) is 0.650. The Morgan fingerprint density at radius 1 is 1.33 bits per heavy atom. The molecule has 2 rings (SSSR count). The lowest BCUT2D eigenvalue weighted by Gasteiger charge is -2.43. The predicted octanol–water partition coefficient (Wildman–Crippen LogP) is 2.26. The van der Waals surface area contributed by atoms with Gasteiger partial charge in [-0.1, -0.05) is 13.0 Å². The molecule has 0 bridgehead atoms. The maximum atomic E-state index is 13.3. The van der Waals surface area contributed by atoms with E-state index in [1.165, 1.54) is 12.1 Å². The van der Waals surface area contributed by atoms with Gasteiger partial charge in [-0.05, 0) is 45.5 Å². The van der Waals surface area contributed by atoms with Gasteiger partial charge in [0.1, 0.15) is 17.7 Å². The first kappa shape index (κ1) is 21.4. The second-order valence-corrected chi connectivity index (χ2v) is 7.14. The highest BCUT2D eigenvalue weighted by Crippen LogP contribution is 2.25. The minimum atomic E-state index is -0.293. The smallest absolute Gasteiger partial charge is 0.191 e. The number of halogens is 1. The molecule has 1 aromatic rings. The number of hydrogen-bond acceptors (Lipinski definition) is 4.